The zero-order valence-electron chi connectivity index (χ0n) is 16.8. The van der Waals surface area contributed by atoms with E-state index in [1.54, 1.807) is 7.11 Å². The van der Waals surface area contributed by atoms with E-state index in [-0.39, 0.29) is 0 Å². The molecule has 2 nitrogen and oxygen atoms in total. The Balaban J connectivity index is 1.73. The average Bonchev–Trinajstić information content (AvgIpc) is 2.66. The summed E-state index contributed by atoms with van der Waals surface area (Å²) in [4.78, 5) is 2.72. The Morgan fingerprint density at radius 2 is 1.96 bits per heavy atom. The summed E-state index contributed by atoms with van der Waals surface area (Å²) in [6.45, 7) is 9.05. The van der Waals surface area contributed by atoms with Gasteiger partial charge in [0.05, 0.1) is 7.11 Å². The van der Waals surface area contributed by atoms with Crippen molar-refractivity contribution < 1.29 is 4.74 Å². The third-order valence-corrected chi connectivity index (χ3v) is 5.84. The lowest BCUT2D eigenvalue weighted by molar-refractivity contribution is 0.180. The maximum atomic E-state index is 5.64. The van der Waals surface area contributed by atoms with Gasteiger partial charge in [0.1, 0.15) is 5.75 Å². The molecular weight excluding hydrogens is 318 g/mol. The fraction of sp³-hybridized carbons (Fsp3) is 0.500. The van der Waals surface area contributed by atoms with E-state index in [0.29, 0.717) is 6.04 Å². The average molecular weight is 352 g/mol. The Bertz CT molecular complexity index is 723. The lowest BCUT2D eigenvalue weighted by Gasteiger charge is -2.36. The van der Waals surface area contributed by atoms with Crippen LogP contribution in [0.15, 0.2) is 36.4 Å². The zero-order chi connectivity index (χ0) is 18.5. The predicted octanol–water partition coefficient (Wildman–Crippen LogP) is 5.12. The van der Waals surface area contributed by atoms with Crippen LogP contribution in [-0.2, 0) is 19.3 Å². The number of hydrogen-bond donors (Lipinski definition) is 0. The van der Waals surface area contributed by atoms with Crippen molar-refractivity contribution in [1.82, 2.24) is 4.90 Å². The van der Waals surface area contributed by atoms with Crippen molar-refractivity contribution in [3.05, 3.63) is 64.2 Å². The van der Waals surface area contributed by atoms with Crippen LogP contribution in [0.1, 0.15) is 47.6 Å². The molecule has 0 amide bonds. The Morgan fingerprint density at radius 1 is 1.12 bits per heavy atom. The highest BCUT2D eigenvalue weighted by Gasteiger charge is 2.25. The number of hydrogen-bond acceptors (Lipinski definition) is 2. The largest absolute Gasteiger partial charge is 0.496 e. The van der Waals surface area contributed by atoms with Crippen LogP contribution in [0.2, 0.25) is 0 Å². The normalized spacial score (nSPS) is 16.6. The van der Waals surface area contributed by atoms with Crippen molar-refractivity contribution in [3.8, 4) is 5.75 Å². The van der Waals surface area contributed by atoms with Crippen molar-refractivity contribution >= 4 is 0 Å². The summed E-state index contributed by atoms with van der Waals surface area (Å²) >= 11 is 0. The molecule has 0 N–H and O–H groups in total. The second-order valence-electron chi connectivity index (χ2n) is 7.71. The molecule has 0 saturated heterocycles. The van der Waals surface area contributed by atoms with E-state index in [0.717, 1.165) is 25.1 Å². The van der Waals surface area contributed by atoms with Crippen LogP contribution in [0, 0.1) is 13.8 Å². The summed E-state index contributed by atoms with van der Waals surface area (Å²) in [6.07, 6.45) is 5.89. The highest BCUT2D eigenvalue weighted by molar-refractivity contribution is 5.42. The van der Waals surface area contributed by atoms with Gasteiger partial charge in [-0.3, -0.25) is 4.90 Å². The molecule has 140 valence electrons. The summed E-state index contributed by atoms with van der Waals surface area (Å²) < 4.78 is 5.64. The summed E-state index contributed by atoms with van der Waals surface area (Å²) in [5, 5.41) is 0. The van der Waals surface area contributed by atoms with Gasteiger partial charge in [-0.25, -0.2) is 0 Å². The molecule has 2 aromatic rings. The molecular formula is C24H33NO. The molecule has 0 heterocycles. The lowest BCUT2D eigenvalue weighted by Crippen LogP contribution is -2.41. The van der Waals surface area contributed by atoms with Gasteiger partial charge in [0, 0.05) is 12.6 Å². The van der Waals surface area contributed by atoms with Gasteiger partial charge in [-0.2, -0.15) is 0 Å². The minimum absolute atomic E-state index is 0.629. The SMILES string of the molecule is CCCN(CCc1cc(C)ccc1C)C1CCc2cccc(OC)c2C1. The fourth-order valence-corrected chi connectivity index (χ4v) is 4.34. The number of ether oxygens (including phenoxy) is 1. The molecule has 1 atom stereocenters. The first kappa shape index (κ1) is 19.0. The second-order valence-corrected chi connectivity index (χ2v) is 7.71. The Labute approximate surface area is 159 Å². The number of rotatable bonds is 7. The standard InChI is InChI=1S/C24H33NO/c1-5-14-25(15-13-21-16-18(2)9-10-19(21)3)22-12-11-20-7-6-8-24(26-4)23(20)17-22/h6-10,16,22H,5,11-15,17H2,1-4H3. The number of aryl methyl sites for hydroxylation is 3. The first-order valence-electron chi connectivity index (χ1n) is 10.1. The molecule has 3 rings (SSSR count). The van der Waals surface area contributed by atoms with Crippen LogP contribution >= 0.6 is 0 Å². The van der Waals surface area contributed by atoms with Crippen molar-refractivity contribution in [2.24, 2.45) is 0 Å². The monoisotopic (exact) mass is 351 g/mol. The predicted molar refractivity (Wildman–Crippen MR) is 110 cm³/mol. The summed E-state index contributed by atoms with van der Waals surface area (Å²) in [5.74, 6) is 1.07. The molecule has 0 fully saturated rings. The van der Waals surface area contributed by atoms with E-state index in [1.807, 2.05) is 0 Å². The molecule has 1 aliphatic rings. The zero-order valence-corrected chi connectivity index (χ0v) is 16.8. The van der Waals surface area contributed by atoms with Gasteiger partial charge < -0.3 is 4.74 Å². The van der Waals surface area contributed by atoms with E-state index in [1.165, 1.54) is 53.6 Å². The van der Waals surface area contributed by atoms with Crippen LogP contribution < -0.4 is 4.74 Å². The molecule has 0 bridgehead atoms. The topological polar surface area (TPSA) is 12.5 Å². The molecule has 26 heavy (non-hydrogen) atoms. The minimum Gasteiger partial charge on any atom is -0.496 e. The van der Waals surface area contributed by atoms with E-state index < -0.39 is 0 Å². The molecule has 2 heteroatoms. The van der Waals surface area contributed by atoms with Gasteiger partial charge in [0.25, 0.3) is 0 Å². The summed E-state index contributed by atoms with van der Waals surface area (Å²) in [7, 11) is 1.80. The van der Waals surface area contributed by atoms with Gasteiger partial charge in [0.15, 0.2) is 0 Å². The molecule has 0 spiro atoms. The van der Waals surface area contributed by atoms with E-state index in [9.17, 15) is 0 Å². The number of fused-ring (bicyclic) bond motifs is 1. The van der Waals surface area contributed by atoms with Crippen LogP contribution in [0.4, 0.5) is 0 Å². The minimum atomic E-state index is 0.629. The van der Waals surface area contributed by atoms with Crippen molar-refractivity contribution in [2.45, 2.75) is 58.9 Å². The van der Waals surface area contributed by atoms with E-state index in [4.69, 9.17) is 4.74 Å². The molecule has 1 unspecified atom stereocenters. The first-order valence-corrected chi connectivity index (χ1v) is 10.1. The maximum absolute atomic E-state index is 5.64. The van der Waals surface area contributed by atoms with Crippen molar-refractivity contribution in [2.75, 3.05) is 20.2 Å². The smallest absolute Gasteiger partial charge is 0.122 e. The van der Waals surface area contributed by atoms with E-state index in [2.05, 4.69) is 62.1 Å². The van der Waals surface area contributed by atoms with Crippen molar-refractivity contribution in [1.29, 1.82) is 0 Å². The Hall–Kier alpha value is -1.80. The van der Waals surface area contributed by atoms with E-state index >= 15 is 0 Å². The maximum Gasteiger partial charge on any atom is 0.122 e. The molecule has 0 saturated carbocycles. The molecule has 0 radical (unpaired) electrons. The number of nitrogens with zero attached hydrogens (tertiary/aromatic N) is 1. The number of methoxy groups -OCH3 is 1. The summed E-state index contributed by atoms with van der Waals surface area (Å²) in [5.41, 5.74) is 7.19. The lowest BCUT2D eigenvalue weighted by atomic mass is 9.86. The van der Waals surface area contributed by atoms with Gasteiger partial charge in [-0.15, -0.1) is 0 Å². The molecule has 0 aliphatic heterocycles. The highest BCUT2D eigenvalue weighted by Crippen LogP contribution is 2.31. The van der Waals surface area contributed by atoms with Gasteiger partial charge in [-0.05, 0) is 80.8 Å². The highest BCUT2D eigenvalue weighted by atomic mass is 16.5. The van der Waals surface area contributed by atoms with Crippen LogP contribution in [-0.4, -0.2) is 31.1 Å². The Morgan fingerprint density at radius 3 is 2.73 bits per heavy atom. The van der Waals surface area contributed by atoms with Crippen LogP contribution in [0.25, 0.3) is 0 Å². The van der Waals surface area contributed by atoms with Gasteiger partial charge in [0.2, 0.25) is 0 Å². The first-order chi connectivity index (χ1) is 12.6. The fourth-order valence-electron chi connectivity index (χ4n) is 4.34. The molecule has 0 aromatic heterocycles. The Kier molecular flexibility index (Phi) is 6.37. The van der Waals surface area contributed by atoms with Crippen LogP contribution in [0.5, 0.6) is 5.75 Å². The second kappa shape index (κ2) is 8.73. The van der Waals surface area contributed by atoms with Crippen molar-refractivity contribution in [3.63, 3.8) is 0 Å². The van der Waals surface area contributed by atoms with Gasteiger partial charge >= 0.3 is 0 Å². The summed E-state index contributed by atoms with van der Waals surface area (Å²) in [6, 6.07) is 14.0. The molecule has 2 aromatic carbocycles. The third-order valence-electron chi connectivity index (χ3n) is 5.84. The quantitative estimate of drug-likeness (QED) is 0.686. The number of benzene rings is 2. The third kappa shape index (κ3) is 4.29. The van der Waals surface area contributed by atoms with Crippen LogP contribution in [0.3, 0.4) is 0 Å². The van der Waals surface area contributed by atoms with Gasteiger partial charge in [-0.1, -0.05) is 42.8 Å². The molecule has 1 aliphatic carbocycles.